The number of Topliss-reactive ketones (excluding diaryl/α,β-unsaturated/α-hetero) is 1. The Balaban J connectivity index is 1.30. The van der Waals surface area contributed by atoms with Gasteiger partial charge in [0.2, 0.25) is 5.78 Å². The van der Waals surface area contributed by atoms with E-state index in [4.69, 9.17) is 0 Å². The van der Waals surface area contributed by atoms with Gasteiger partial charge in [0.25, 0.3) is 5.91 Å². The molecule has 0 fully saturated rings. The first-order valence-corrected chi connectivity index (χ1v) is 11.8. The fourth-order valence-corrected chi connectivity index (χ4v) is 4.45. The lowest BCUT2D eigenvalue weighted by atomic mass is 10.0. The minimum absolute atomic E-state index is 0.173. The van der Waals surface area contributed by atoms with Gasteiger partial charge in [-0.3, -0.25) is 19.6 Å². The number of pyridine rings is 2. The van der Waals surface area contributed by atoms with Crippen LogP contribution in [0.4, 0.5) is 5.82 Å². The molecule has 0 radical (unpaired) electrons. The lowest BCUT2D eigenvalue weighted by Crippen LogP contribution is -2.31. The second-order valence-corrected chi connectivity index (χ2v) is 8.53. The molecule has 2 aromatic carbocycles. The number of anilines is 1. The molecule has 4 heterocycles. The van der Waals surface area contributed by atoms with Crippen molar-refractivity contribution in [1.82, 2.24) is 14.5 Å². The number of nitrogens with one attached hydrogen (secondary N) is 1. The zero-order chi connectivity index (χ0) is 25.2. The Morgan fingerprint density at radius 1 is 0.811 bits per heavy atom. The Labute approximate surface area is 212 Å². The second-order valence-electron chi connectivity index (χ2n) is 8.53. The molecule has 0 atom stereocenters. The average Bonchev–Trinajstić information content (AvgIpc) is 3.35. The van der Waals surface area contributed by atoms with Gasteiger partial charge in [0.1, 0.15) is 11.5 Å². The molecular weight excluding hydrogens is 462 g/mol. The maximum atomic E-state index is 13.7. The smallest absolute Gasteiger partial charge is 0.257 e. The molecule has 0 saturated carbocycles. The van der Waals surface area contributed by atoms with E-state index in [1.165, 1.54) is 6.20 Å². The van der Waals surface area contributed by atoms with E-state index in [0.717, 1.165) is 21.8 Å². The van der Waals surface area contributed by atoms with Gasteiger partial charge < -0.3 is 9.88 Å². The van der Waals surface area contributed by atoms with Crippen LogP contribution in [0.5, 0.6) is 0 Å². The number of carbonyl (C=O) groups is 2. The molecular formula is C30H21N5O2. The highest BCUT2D eigenvalue weighted by molar-refractivity contribution is 6.24. The monoisotopic (exact) mass is 483 g/mol. The van der Waals surface area contributed by atoms with E-state index in [-0.39, 0.29) is 11.7 Å². The van der Waals surface area contributed by atoms with Gasteiger partial charge in [0.05, 0.1) is 17.6 Å². The molecule has 178 valence electrons. The zero-order valence-corrected chi connectivity index (χ0v) is 19.7. The van der Waals surface area contributed by atoms with E-state index in [1.807, 2.05) is 77.5 Å². The van der Waals surface area contributed by atoms with Crippen molar-refractivity contribution in [1.29, 1.82) is 0 Å². The minimum atomic E-state index is -0.307. The molecule has 1 aliphatic rings. The largest absolute Gasteiger partial charge is 0.315 e. The molecule has 3 aromatic heterocycles. The number of benzene rings is 2. The maximum Gasteiger partial charge on any atom is 0.257 e. The van der Waals surface area contributed by atoms with Crippen molar-refractivity contribution in [3.63, 3.8) is 0 Å². The fourth-order valence-electron chi connectivity index (χ4n) is 4.45. The number of nitrogens with zero attached hydrogens (tertiary/aromatic N) is 4. The molecule has 0 aliphatic carbocycles. The Hall–Kier alpha value is -5.17. The molecule has 1 aliphatic heterocycles. The standard InChI is InChI=1S/C30H21N5O2/c36-29(28-24-11-3-4-12-26(24)32-19-21-8-7-17-35(21)28)20-14-15-27(33-18-20)34-30(37)23-10-2-1-9-22(23)25-13-5-6-16-31-25/h1-18H,19H2,(H,33,34,37). The normalized spacial score (nSPS) is 12.1. The Kier molecular flexibility index (Phi) is 5.71. The summed E-state index contributed by atoms with van der Waals surface area (Å²) in [6, 6.07) is 27.7. The van der Waals surface area contributed by atoms with E-state index in [1.54, 1.807) is 30.5 Å². The number of rotatable bonds is 5. The first-order valence-electron chi connectivity index (χ1n) is 11.8. The topological polar surface area (TPSA) is 89.2 Å². The van der Waals surface area contributed by atoms with Crippen LogP contribution >= 0.6 is 0 Å². The lowest BCUT2D eigenvalue weighted by molar-refractivity contribution is 0.102. The Bertz CT molecular complexity index is 1760. The average molecular weight is 484 g/mol. The molecule has 7 heteroatoms. The molecule has 0 bridgehead atoms. The summed E-state index contributed by atoms with van der Waals surface area (Å²) < 4.78 is 1.89. The molecule has 0 unspecified atom stereocenters. The van der Waals surface area contributed by atoms with Crippen molar-refractivity contribution in [3.8, 4) is 11.3 Å². The van der Waals surface area contributed by atoms with E-state index >= 15 is 0 Å². The van der Waals surface area contributed by atoms with Crippen LogP contribution < -0.4 is 15.9 Å². The first-order chi connectivity index (χ1) is 18.2. The van der Waals surface area contributed by atoms with Gasteiger partial charge in [0.15, 0.2) is 0 Å². The SMILES string of the molecule is O=C(C1=c2ccccc2=NCc2cccn21)c1ccc(NC(=O)c2ccccc2-c2ccccn2)nc1. The van der Waals surface area contributed by atoms with Gasteiger partial charge in [-0.2, -0.15) is 0 Å². The second kappa shape index (κ2) is 9.47. The molecule has 6 rings (SSSR count). The summed E-state index contributed by atoms with van der Waals surface area (Å²) in [6.07, 6.45) is 5.06. The third-order valence-corrected chi connectivity index (χ3v) is 6.24. The van der Waals surface area contributed by atoms with E-state index in [0.29, 0.717) is 34.9 Å². The number of carbonyl (C=O) groups excluding carboxylic acids is 2. The maximum absolute atomic E-state index is 13.7. The number of aromatic nitrogens is 3. The van der Waals surface area contributed by atoms with Crippen molar-refractivity contribution in [3.05, 3.63) is 137 Å². The number of ketones is 1. The van der Waals surface area contributed by atoms with Crippen LogP contribution in [0.1, 0.15) is 26.4 Å². The summed E-state index contributed by atoms with van der Waals surface area (Å²) in [5, 5.41) is 4.38. The summed E-state index contributed by atoms with van der Waals surface area (Å²) >= 11 is 0. The van der Waals surface area contributed by atoms with Crippen molar-refractivity contribution >= 4 is 23.2 Å². The van der Waals surface area contributed by atoms with Crippen molar-refractivity contribution < 1.29 is 9.59 Å². The number of hydrogen-bond donors (Lipinski definition) is 1. The molecule has 37 heavy (non-hydrogen) atoms. The summed E-state index contributed by atoms with van der Waals surface area (Å²) in [5.74, 6) is -0.133. The van der Waals surface area contributed by atoms with Crippen LogP contribution in [0.2, 0.25) is 0 Å². The molecule has 7 nitrogen and oxygen atoms in total. The third kappa shape index (κ3) is 4.23. The van der Waals surface area contributed by atoms with E-state index in [2.05, 4.69) is 20.3 Å². The molecule has 0 spiro atoms. The van der Waals surface area contributed by atoms with Gasteiger partial charge in [0, 0.05) is 46.2 Å². The summed E-state index contributed by atoms with van der Waals surface area (Å²) in [7, 11) is 0. The Morgan fingerprint density at radius 3 is 2.49 bits per heavy atom. The summed E-state index contributed by atoms with van der Waals surface area (Å²) in [5.41, 5.74) is 3.79. The van der Waals surface area contributed by atoms with E-state index in [9.17, 15) is 9.59 Å². The number of amides is 1. The number of hydrogen-bond acceptors (Lipinski definition) is 5. The molecule has 0 saturated heterocycles. The van der Waals surface area contributed by atoms with Gasteiger partial charge >= 0.3 is 0 Å². The molecule has 1 N–H and O–H groups in total. The predicted octanol–water partition coefficient (Wildman–Crippen LogP) is 3.87. The van der Waals surface area contributed by atoms with Gasteiger partial charge in [-0.15, -0.1) is 0 Å². The first kappa shape index (κ1) is 22.3. The number of para-hydroxylation sites is 1. The lowest BCUT2D eigenvalue weighted by Gasteiger charge is -2.12. The Morgan fingerprint density at radius 2 is 1.65 bits per heavy atom. The van der Waals surface area contributed by atoms with Gasteiger partial charge in [-0.05, 0) is 48.5 Å². The van der Waals surface area contributed by atoms with Crippen LogP contribution in [0, 0.1) is 0 Å². The quantitative estimate of drug-likeness (QED) is 0.385. The third-order valence-electron chi connectivity index (χ3n) is 6.24. The van der Waals surface area contributed by atoms with Crippen LogP contribution in [-0.4, -0.2) is 26.2 Å². The predicted molar refractivity (Wildman–Crippen MR) is 140 cm³/mol. The summed E-state index contributed by atoms with van der Waals surface area (Å²) in [4.78, 5) is 40.2. The van der Waals surface area contributed by atoms with Crippen LogP contribution in [0.15, 0.2) is 115 Å². The highest BCUT2D eigenvalue weighted by Crippen LogP contribution is 2.23. The molecule has 1 amide bonds. The highest BCUT2D eigenvalue weighted by Gasteiger charge is 2.20. The minimum Gasteiger partial charge on any atom is -0.315 e. The van der Waals surface area contributed by atoms with Crippen molar-refractivity contribution in [2.45, 2.75) is 6.54 Å². The van der Waals surface area contributed by atoms with Crippen LogP contribution in [0.3, 0.4) is 0 Å². The van der Waals surface area contributed by atoms with E-state index < -0.39 is 0 Å². The van der Waals surface area contributed by atoms with Gasteiger partial charge in [-0.25, -0.2) is 4.98 Å². The highest BCUT2D eigenvalue weighted by atomic mass is 16.1. The number of fused-ring (bicyclic) bond motifs is 2. The van der Waals surface area contributed by atoms with Gasteiger partial charge in [-0.1, -0.05) is 42.5 Å². The summed E-state index contributed by atoms with van der Waals surface area (Å²) in [6.45, 7) is 0.490. The zero-order valence-electron chi connectivity index (χ0n) is 19.7. The van der Waals surface area contributed by atoms with Crippen LogP contribution in [-0.2, 0) is 6.54 Å². The fraction of sp³-hybridized carbons (Fsp3) is 0.0333. The molecule has 5 aromatic rings. The van der Waals surface area contributed by atoms with Crippen LogP contribution in [0.25, 0.3) is 17.0 Å². The van der Waals surface area contributed by atoms with Crippen molar-refractivity contribution in [2.24, 2.45) is 4.99 Å². The van der Waals surface area contributed by atoms with Crippen molar-refractivity contribution in [2.75, 3.05) is 5.32 Å².